The maximum Gasteiger partial charge on any atom is 0.0623 e. The van der Waals surface area contributed by atoms with E-state index >= 15 is 0 Å². The predicted octanol–water partition coefficient (Wildman–Crippen LogP) is 6.38. The van der Waals surface area contributed by atoms with E-state index in [1.165, 1.54) is 11.1 Å². The van der Waals surface area contributed by atoms with Crippen molar-refractivity contribution in [2.45, 2.75) is 0 Å². The molecule has 0 N–H and O–H groups in total. The van der Waals surface area contributed by atoms with Gasteiger partial charge < -0.3 is 0 Å². The van der Waals surface area contributed by atoms with Crippen LogP contribution in [0, 0.1) is 0 Å². The van der Waals surface area contributed by atoms with E-state index in [2.05, 4.69) is 24.7 Å². The van der Waals surface area contributed by atoms with Crippen molar-refractivity contribution in [3.05, 3.63) is 122 Å². The Morgan fingerprint density at radius 1 is 0.542 bits per heavy atom. The number of pyridine rings is 1. The maximum atomic E-state index is 3.98. The van der Waals surface area contributed by atoms with Gasteiger partial charge in [0.15, 0.2) is 0 Å². The van der Waals surface area contributed by atoms with Crippen LogP contribution in [-0.4, -0.2) is 4.98 Å². The summed E-state index contributed by atoms with van der Waals surface area (Å²) in [6.45, 7) is 10.8. The van der Waals surface area contributed by atoms with Crippen molar-refractivity contribution in [3.63, 3.8) is 0 Å². The Hall–Kier alpha value is -3.19. The number of nitrogens with zero attached hydrogens (tertiary/aromatic N) is 1. The lowest BCUT2D eigenvalue weighted by Gasteiger charge is -1.85. The molecule has 1 aromatic heterocycles. The van der Waals surface area contributed by atoms with Crippen molar-refractivity contribution >= 4 is 18.2 Å². The molecule has 3 aromatic rings. The molecule has 0 unspecified atom stereocenters. The molecular weight excluding hydrogens is 290 g/mol. The summed E-state index contributed by atoms with van der Waals surface area (Å²) in [7, 11) is 0. The van der Waals surface area contributed by atoms with Crippen LogP contribution in [0.2, 0.25) is 0 Å². The zero-order valence-electron chi connectivity index (χ0n) is 13.9. The summed E-state index contributed by atoms with van der Waals surface area (Å²) in [5, 5.41) is 0. The van der Waals surface area contributed by atoms with Gasteiger partial charge in [0.05, 0.1) is 5.69 Å². The third-order valence-electron chi connectivity index (χ3n) is 2.97. The number of rotatable bonds is 3. The van der Waals surface area contributed by atoms with E-state index < -0.39 is 0 Å². The molecule has 0 fully saturated rings. The highest BCUT2D eigenvalue weighted by atomic mass is 14.6. The van der Waals surface area contributed by atoms with E-state index in [0.29, 0.717) is 0 Å². The van der Waals surface area contributed by atoms with E-state index in [1.54, 1.807) is 12.3 Å². The van der Waals surface area contributed by atoms with Crippen LogP contribution < -0.4 is 0 Å². The van der Waals surface area contributed by atoms with Crippen molar-refractivity contribution in [2.24, 2.45) is 0 Å². The quantitative estimate of drug-likeness (QED) is 0.546. The topological polar surface area (TPSA) is 12.9 Å². The number of benzene rings is 2. The van der Waals surface area contributed by atoms with Gasteiger partial charge in [0.25, 0.3) is 0 Å². The van der Waals surface area contributed by atoms with Crippen LogP contribution in [0.3, 0.4) is 0 Å². The molecule has 0 aliphatic carbocycles. The minimum atomic E-state index is 0.924. The minimum absolute atomic E-state index is 0.924. The molecule has 2 aromatic carbocycles. The van der Waals surface area contributed by atoms with Crippen LogP contribution in [0.1, 0.15) is 16.8 Å². The van der Waals surface area contributed by atoms with Crippen molar-refractivity contribution in [3.8, 4) is 0 Å². The highest BCUT2D eigenvalue weighted by molar-refractivity contribution is 5.46. The van der Waals surface area contributed by atoms with E-state index in [4.69, 9.17) is 0 Å². The van der Waals surface area contributed by atoms with Crippen molar-refractivity contribution in [1.82, 2.24) is 4.98 Å². The Morgan fingerprint density at radius 3 is 1.25 bits per heavy atom. The largest absolute Gasteiger partial charge is 0.257 e. The summed E-state index contributed by atoms with van der Waals surface area (Å²) in [6.07, 6.45) is 7.14. The Bertz CT molecular complexity index is 597. The highest BCUT2D eigenvalue weighted by Crippen LogP contribution is 1.98. The zero-order valence-corrected chi connectivity index (χ0v) is 13.9. The molecular formula is C23H23N. The zero-order chi connectivity index (χ0) is 17.5. The fourth-order valence-corrected chi connectivity index (χ4v) is 1.67. The second kappa shape index (κ2) is 12.4. The van der Waals surface area contributed by atoms with Crippen LogP contribution in [0.25, 0.3) is 18.2 Å². The highest BCUT2D eigenvalue weighted by Gasteiger charge is 1.78. The average Bonchev–Trinajstić information content (AvgIpc) is 2.71. The number of aromatic nitrogens is 1. The van der Waals surface area contributed by atoms with Crippen LogP contribution >= 0.6 is 0 Å². The summed E-state index contributed by atoms with van der Waals surface area (Å²) >= 11 is 0. The van der Waals surface area contributed by atoms with E-state index in [9.17, 15) is 0 Å². The van der Waals surface area contributed by atoms with Gasteiger partial charge >= 0.3 is 0 Å². The monoisotopic (exact) mass is 313 g/mol. The second-order valence-electron chi connectivity index (χ2n) is 4.69. The molecule has 1 heteroatoms. The normalized spacial score (nSPS) is 8.50. The van der Waals surface area contributed by atoms with Crippen molar-refractivity contribution < 1.29 is 0 Å². The average molecular weight is 313 g/mol. The molecule has 0 aliphatic rings. The first kappa shape index (κ1) is 18.9. The molecule has 3 rings (SSSR count). The van der Waals surface area contributed by atoms with Gasteiger partial charge in [0.1, 0.15) is 0 Å². The molecule has 0 amide bonds. The molecule has 0 atom stereocenters. The molecule has 0 radical (unpaired) electrons. The SMILES string of the molecule is C=Cc1ccccc1.C=Cc1ccccc1.C=Cc1ccccn1. The lowest BCUT2D eigenvalue weighted by molar-refractivity contribution is 1.30. The van der Waals surface area contributed by atoms with Gasteiger partial charge in [-0.25, -0.2) is 0 Å². The second-order valence-corrected chi connectivity index (χ2v) is 4.69. The summed E-state index contributed by atoms with van der Waals surface area (Å²) in [5.41, 5.74) is 3.27. The van der Waals surface area contributed by atoms with Gasteiger partial charge in [0.2, 0.25) is 0 Å². The third kappa shape index (κ3) is 8.30. The van der Waals surface area contributed by atoms with E-state index in [0.717, 1.165) is 5.69 Å². The standard InChI is InChI=1S/2C8H8.C7H7N/c2*1-2-8-6-4-3-5-7-8;1-2-7-5-3-4-6-8-7/h2*2-7H,1H2;2-6H,1H2. The Balaban J connectivity index is 0.000000180. The molecule has 120 valence electrons. The van der Waals surface area contributed by atoms with Crippen LogP contribution in [0.5, 0.6) is 0 Å². The first-order valence-electron chi connectivity index (χ1n) is 7.68. The summed E-state index contributed by atoms with van der Waals surface area (Å²) in [4.78, 5) is 3.98. The summed E-state index contributed by atoms with van der Waals surface area (Å²) < 4.78 is 0. The number of hydrogen-bond donors (Lipinski definition) is 0. The fraction of sp³-hybridized carbons (Fsp3) is 0. The molecule has 0 bridgehead atoms. The van der Waals surface area contributed by atoms with E-state index in [1.807, 2.05) is 91.0 Å². The lowest BCUT2D eigenvalue weighted by atomic mass is 10.2. The van der Waals surface area contributed by atoms with Crippen LogP contribution in [0.4, 0.5) is 0 Å². The minimum Gasteiger partial charge on any atom is -0.257 e. The Kier molecular flexibility index (Phi) is 9.71. The Labute approximate surface area is 145 Å². The molecule has 1 heterocycles. The molecule has 0 spiro atoms. The molecule has 0 saturated heterocycles. The maximum absolute atomic E-state index is 3.98. The van der Waals surface area contributed by atoms with Crippen molar-refractivity contribution in [2.75, 3.05) is 0 Å². The first-order valence-corrected chi connectivity index (χ1v) is 7.68. The third-order valence-corrected chi connectivity index (χ3v) is 2.97. The van der Waals surface area contributed by atoms with Gasteiger partial charge in [-0.1, -0.05) is 98.6 Å². The van der Waals surface area contributed by atoms with Gasteiger partial charge in [-0.2, -0.15) is 0 Å². The smallest absolute Gasteiger partial charge is 0.0623 e. The molecule has 0 aliphatic heterocycles. The van der Waals surface area contributed by atoms with Crippen LogP contribution in [0.15, 0.2) is 105 Å². The fourth-order valence-electron chi connectivity index (χ4n) is 1.67. The molecule has 0 saturated carbocycles. The lowest BCUT2D eigenvalue weighted by Crippen LogP contribution is -1.73. The first-order chi connectivity index (χ1) is 11.8. The summed E-state index contributed by atoms with van der Waals surface area (Å²) in [5.74, 6) is 0. The van der Waals surface area contributed by atoms with Gasteiger partial charge in [-0.15, -0.1) is 0 Å². The summed E-state index contributed by atoms with van der Waals surface area (Å²) in [6, 6.07) is 25.8. The number of hydrogen-bond acceptors (Lipinski definition) is 1. The Morgan fingerprint density at radius 2 is 1.00 bits per heavy atom. The van der Waals surface area contributed by atoms with Crippen LogP contribution in [-0.2, 0) is 0 Å². The van der Waals surface area contributed by atoms with Gasteiger partial charge in [-0.05, 0) is 29.3 Å². The predicted molar refractivity (Wildman–Crippen MR) is 107 cm³/mol. The molecule has 24 heavy (non-hydrogen) atoms. The van der Waals surface area contributed by atoms with Crippen molar-refractivity contribution in [1.29, 1.82) is 0 Å². The van der Waals surface area contributed by atoms with E-state index in [-0.39, 0.29) is 0 Å². The van der Waals surface area contributed by atoms with Gasteiger partial charge in [-0.3, -0.25) is 4.98 Å². The van der Waals surface area contributed by atoms with Gasteiger partial charge in [0, 0.05) is 6.20 Å². The molecule has 1 nitrogen and oxygen atoms in total.